The molecule has 4 rings (SSSR count). The van der Waals surface area contributed by atoms with Gasteiger partial charge in [0.25, 0.3) is 0 Å². The number of para-hydroxylation sites is 1. The van der Waals surface area contributed by atoms with E-state index in [1.807, 2.05) is 34.9 Å². The standard InChI is InChI=1S/C16H9F3N2S/c17-16(18,19)11-7-5-10(6-8-11)12-9-21-13-3-1-2-4-14(13)22-15(21)20-12/h1-9H. The highest BCUT2D eigenvalue weighted by molar-refractivity contribution is 7.23. The van der Waals surface area contributed by atoms with Gasteiger partial charge in [-0.2, -0.15) is 13.2 Å². The topological polar surface area (TPSA) is 17.3 Å². The lowest BCUT2D eigenvalue weighted by atomic mass is 10.1. The van der Waals surface area contributed by atoms with Crippen LogP contribution in [0, 0.1) is 0 Å². The fraction of sp³-hybridized carbons (Fsp3) is 0.0625. The lowest BCUT2D eigenvalue weighted by Gasteiger charge is -2.06. The second kappa shape index (κ2) is 4.58. The molecule has 2 heterocycles. The number of fused-ring (bicyclic) bond motifs is 3. The largest absolute Gasteiger partial charge is 0.416 e. The van der Waals surface area contributed by atoms with Crippen molar-refractivity contribution in [1.29, 1.82) is 0 Å². The van der Waals surface area contributed by atoms with Gasteiger partial charge in [0, 0.05) is 11.8 Å². The van der Waals surface area contributed by atoms with Gasteiger partial charge in [0.2, 0.25) is 0 Å². The summed E-state index contributed by atoms with van der Waals surface area (Å²) in [5, 5.41) is 0. The number of hydrogen-bond donors (Lipinski definition) is 0. The number of rotatable bonds is 1. The third-order valence-electron chi connectivity index (χ3n) is 3.51. The summed E-state index contributed by atoms with van der Waals surface area (Å²) >= 11 is 1.56. The molecule has 0 amide bonds. The summed E-state index contributed by atoms with van der Waals surface area (Å²) in [7, 11) is 0. The Kier molecular flexibility index (Phi) is 2.77. The van der Waals surface area contributed by atoms with E-state index >= 15 is 0 Å². The van der Waals surface area contributed by atoms with E-state index in [9.17, 15) is 13.2 Å². The van der Waals surface area contributed by atoms with E-state index in [0.29, 0.717) is 11.3 Å². The van der Waals surface area contributed by atoms with Crippen LogP contribution in [0.2, 0.25) is 0 Å². The van der Waals surface area contributed by atoms with Gasteiger partial charge in [-0.1, -0.05) is 35.6 Å². The normalized spacial score (nSPS) is 12.3. The van der Waals surface area contributed by atoms with Crippen LogP contribution in [0.25, 0.3) is 26.4 Å². The molecule has 0 unspecified atom stereocenters. The number of hydrogen-bond acceptors (Lipinski definition) is 2. The Bertz CT molecular complexity index is 965. The minimum Gasteiger partial charge on any atom is -0.290 e. The van der Waals surface area contributed by atoms with Gasteiger partial charge in [-0.15, -0.1) is 0 Å². The van der Waals surface area contributed by atoms with Crippen LogP contribution in [0.1, 0.15) is 5.56 Å². The second-order valence-electron chi connectivity index (χ2n) is 4.92. The van der Waals surface area contributed by atoms with Gasteiger partial charge < -0.3 is 0 Å². The van der Waals surface area contributed by atoms with Crippen LogP contribution in [0.15, 0.2) is 54.7 Å². The molecule has 0 aliphatic heterocycles. The second-order valence-corrected chi connectivity index (χ2v) is 5.93. The molecule has 22 heavy (non-hydrogen) atoms. The van der Waals surface area contributed by atoms with E-state index in [4.69, 9.17) is 0 Å². The van der Waals surface area contributed by atoms with Crippen molar-refractivity contribution < 1.29 is 13.2 Å². The molecule has 6 heteroatoms. The van der Waals surface area contributed by atoms with E-state index in [1.54, 1.807) is 11.3 Å². The van der Waals surface area contributed by atoms with E-state index in [2.05, 4.69) is 4.98 Å². The van der Waals surface area contributed by atoms with Crippen LogP contribution in [0.4, 0.5) is 13.2 Å². The van der Waals surface area contributed by atoms with Gasteiger partial charge in [0.15, 0.2) is 4.96 Å². The molecule has 0 bridgehead atoms. The predicted octanol–water partition coefficient (Wildman–Crippen LogP) is 5.23. The van der Waals surface area contributed by atoms with Gasteiger partial charge in [-0.05, 0) is 24.3 Å². The first-order valence-electron chi connectivity index (χ1n) is 6.57. The van der Waals surface area contributed by atoms with Gasteiger partial charge in [-0.3, -0.25) is 4.40 Å². The Balaban J connectivity index is 1.81. The van der Waals surface area contributed by atoms with Gasteiger partial charge in [0.1, 0.15) is 0 Å². The zero-order valence-corrected chi connectivity index (χ0v) is 11.9. The van der Waals surface area contributed by atoms with Gasteiger partial charge in [0.05, 0.1) is 21.5 Å². The zero-order valence-electron chi connectivity index (χ0n) is 11.1. The average Bonchev–Trinajstić information content (AvgIpc) is 3.04. The molecule has 0 saturated carbocycles. The number of alkyl halides is 3. The highest BCUT2D eigenvalue weighted by Crippen LogP contribution is 2.32. The number of aromatic nitrogens is 2. The molecule has 0 radical (unpaired) electrons. The van der Waals surface area contributed by atoms with Crippen molar-refractivity contribution >= 4 is 26.5 Å². The van der Waals surface area contributed by atoms with E-state index in [1.165, 1.54) is 12.1 Å². The number of halogens is 3. The van der Waals surface area contributed by atoms with Crippen molar-refractivity contribution in [2.75, 3.05) is 0 Å². The van der Waals surface area contributed by atoms with Crippen molar-refractivity contribution in [1.82, 2.24) is 9.38 Å². The number of thiazole rings is 1. The number of nitrogens with zero attached hydrogens (tertiary/aromatic N) is 2. The van der Waals surface area contributed by atoms with Crippen LogP contribution < -0.4 is 0 Å². The quantitative estimate of drug-likeness (QED) is 0.469. The molecule has 4 aromatic rings. The first-order chi connectivity index (χ1) is 10.5. The van der Waals surface area contributed by atoms with Crippen LogP contribution in [0.3, 0.4) is 0 Å². The molecule has 0 saturated heterocycles. The Morgan fingerprint density at radius 2 is 1.68 bits per heavy atom. The Morgan fingerprint density at radius 3 is 2.41 bits per heavy atom. The summed E-state index contributed by atoms with van der Waals surface area (Å²) in [6.45, 7) is 0. The molecular weight excluding hydrogens is 309 g/mol. The van der Waals surface area contributed by atoms with Crippen molar-refractivity contribution in [3.8, 4) is 11.3 Å². The average molecular weight is 318 g/mol. The fourth-order valence-electron chi connectivity index (χ4n) is 2.42. The summed E-state index contributed by atoms with van der Waals surface area (Å²) in [6, 6.07) is 13.0. The molecule has 110 valence electrons. The van der Waals surface area contributed by atoms with Crippen LogP contribution in [0.5, 0.6) is 0 Å². The minimum atomic E-state index is -4.32. The molecule has 2 aromatic carbocycles. The number of benzene rings is 2. The van der Waals surface area contributed by atoms with Crippen LogP contribution in [-0.2, 0) is 6.18 Å². The zero-order chi connectivity index (χ0) is 15.3. The Morgan fingerprint density at radius 1 is 0.955 bits per heavy atom. The monoisotopic (exact) mass is 318 g/mol. The molecule has 0 N–H and O–H groups in total. The lowest BCUT2D eigenvalue weighted by Crippen LogP contribution is -2.03. The summed E-state index contributed by atoms with van der Waals surface area (Å²) < 4.78 is 40.9. The maximum Gasteiger partial charge on any atom is 0.416 e. The van der Waals surface area contributed by atoms with Crippen molar-refractivity contribution in [2.24, 2.45) is 0 Å². The molecule has 0 spiro atoms. The molecule has 2 nitrogen and oxygen atoms in total. The summed E-state index contributed by atoms with van der Waals surface area (Å²) in [5.74, 6) is 0. The molecule has 2 aromatic heterocycles. The summed E-state index contributed by atoms with van der Waals surface area (Å²) in [4.78, 5) is 5.34. The van der Waals surface area contributed by atoms with E-state index in [-0.39, 0.29) is 0 Å². The molecule has 0 atom stereocenters. The highest BCUT2D eigenvalue weighted by Gasteiger charge is 2.30. The van der Waals surface area contributed by atoms with Gasteiger partial charge >= 0.3 is 6.18 Å². The SMILES string of the molecule is FC(F)(F)c1ccc(-c2cn3c(n2)sc2ccccc23)cc1. The third-order valence-corrected chi connectivity index (χ3v) is 4.54. The van der Waals surface area contributed by atoms with Crippen LogP contribution >= 0.6 is 11.3 Å². The third kappa shape index (κ3) is 2.07. The van der Waals surface area contributed by atoms with Crippen LogP contribution in [-0.4, -0.2) is 9.38 Å². The Labute approximate surface area is 127 Å². The highest BCUT2D eigenvalue weighted by atomic mass is 32.1. The molecular formula is C16H9F3N2S. The fourth-order valence-corrected chi connectivity index (χ4v) is 3.43. The van der Waals surface area contributed by atoms with Crippen molar-refractivity contribution in [3.63, 3.8) is 0 Å². The smallest absolute Gasteiger partial charge is 0.290 e. The minimum absolute atomic E-state index is 0.650. The van der Waals surface area contributed by atoms with E-state index in [0.717, 1.165) is 27.3 Å². The van der Waals surface area contributed by atoms with Crippen molar-refractivity contribution in [2.45, 2.75) is 6.18 Å². The first kappa shape index (κ1) is 13.3. The van der Waals surface area contributed by atoms with E-state index < -0.39 is 11.7 Å². The predicted molar refractivity (Wildman–Crippen MR) is 81.0 cm³/mol. The maximum absolute atomic E-state index is 12.6. The molecule has 0 fully saturated rings. The first-order valence-corrected chi connectivity index (χ1v) is 7.38. The van der Waals surface area contributed by atoms with Gasteiger partial charge in [-0.25, -0.2) is 4.98 Å². The summed E-state index contributed by atoms with van der Waals surface area (Å²) in [5.41, 5.74) is 1.74. The van der Waals surface area contributed by atoms with Crippen molar-refractivity contribution in [3.05, 3.63) is 60.3 Å². The molecule has 0 aliphatic carbocycles. The summed E-state index contributed by atoms with van der Waals surface area (Å²) in [6.07, 6.45) is -2.46. The lowest BCUT2D eigenvalue weighted by molar-refractivity contribution is -0.137. The number of imidazole rings is 1. The maximum atomic E-state index is 12.6. The Hall–Kier alpha value is -2.34. The molecule has 0 aliphatic rings.